The van der Waals surface area contributed by atoms with Crippen LogP contribution in [0.5, 0.6) is 0 Å². The van der Waals surface area contributed by atoms with Crippen LogP contribution >= 0.6 is 23.2 Å². The molecular formula is C15H20Cl2N2. The van der Waals surface area contributed by atoms with Gasteiger partial charge in [0.15, 0.2) is 0 Å². The zero-order valence-corrected chi connectivity index (χ0v) is 12.8. The quantitative estimate of drug-likeness (QED) is 0.551. The van der Waals surface area contributed by atoms with E-state index < -0.39 is 0 Å². The van der Waals surface area contributed by atoms with E-state index in [1.165, 1.54) is 29.7 Å². The van der Waals surface area contributed by atoms with Gasteiger partial charge < -0.3 is 4.90 Å². The van der Waals surface area contributed by atoms with Gasteiger partial charge in [-0.25, -0.2) is 0 Å². The van der Waals surface area contributed by atoms with E-state index in [-0.39, 0.29) is 0 Å². The number of anilines is 1. The topological polar surface area (TPSA) is 15.6 Å². The number of hydrogen-bond acceptors (Lipinski definition) is 2. The molecule has 1 aromatic rings. The Kier molecular flexibility index (Phi) is 5.53. The van der Waals surface area contributed by atoms with Crippen molar-refractivity contribution in [2.24, 2.45) is 4.99 Å². The fraction of sp³-hybridized carbons (Fsp3) is 0.533. The first-order valence-electron chi connectivity index (χ1n) is 6.75. The average Bonchev–Trinajstić information content (AvgIpc) is 3.21. The molecule has 0 bridgehead atoms. The molecule has 19 heavy (non-hydrogen) atoms. The van der Waals surface area contributed by atoms with Gasteiger partial charge in [0.1, 0.15) is 0 Å². The van der Waals surface area contributed by atoms with Crippen LogP contribution in [0.4, 0.5) is 5.69 Å². The number of halogens is 2. The number of aryl methyl sites for hydroxylation is 1. The van der Waals surface area contributed by atoms with Gasteiger partial charge in [-0.2, -0.15) is 0 Å². The number of hydrogen-bond donors (Lipinski definition) is 0. The molecule has 0 radical (unpaired) electrons. The Morgan fingerprint density at radius 1 is 1.26 bits per heavy atom. The van der Waals surface area contributed by atoms with Crippen molar-refractivity contribution in [3.63, 3.8) is 0 Å². The molecule has 0 atom stereocenters. The second-order valence-electron chi connectivity index (χ2n) is 4.92. The molecule has 1 fully saturated rings. The van der Waals surface area contributed by atoms with Gasteiger partial charge in [-0.1, -0.05) is 6.07 Å². The Morgan fingerprint density at radius 3 is 2.47 bits per heavy atom. The Bertz CT molecular complexity index is 436. The summed E-state index contributed by atoms with van der Waals surface area (Å²) in [6.07, 6.45) is 4.49. The van der Waals surface area contributed by atoms with Crippen molar-refractivity contribution in [1.82, 2.24) is 0 Å². The predicted octanol–water partition coefficient (Wildman–Crippen LogP) is 3.86. The molecular weight excluding hydrogens is 279 g/mol. The Hall–Kier alpha value is -0.730. The zero-order valence-electron chi connectivity index (χ0n) is 11.3. The van der Waals surface area contributed by atoms with Crippen LogP contribution in [0.3, 0.4) is 0 Å². The highest BCUT2D eigenvalue weighted by molar-refractivity contribution is 6.18. The van der Waals surface area contributed by atoms with Crippen molar-refractivity contribution in [3.8, 4) is 0 Å². The van der Waals surface area contributed by atoms with E-state index in [0.29, 0.717) is 17.8 Å². The Labute approximate surface area is 125 Å². The first kappa shape index (κ1) is 14.7. The van der Waals surface area contributed by atoms with Crippen molar-refractivity contribution >= 4 is 35.1 Å². The lowest BCUT2D eigenvalue weighted by Crippen LogP contribution is -2.27. The average molecular weight is 299 g/mol. The Balaban J connectivity index is 2.11. The molecule has 104 valence electrons. The number of benzene rings is 1. The molecule has 0 N–H and O–H groups in total. The third-order valence-electron chi connectivity index (χ3n) is 3.30. The SMILES string of the molecule is Cc1cc(N(CCCl)CCCl)ccc1C=NC1CC1. The summed E-state index contributed by atoms with van der Waals surface area (Å²) >= 11 is 11.7. The van der Waals surface area contributed by atoms with Gasteiger partial charge in [0, 0.05) is 36.8 Å². The van der Waals surface area contributed by atoms with Gasteiger partial charge in [-0.05, 0) is 43.0 Å². The van der Waals surface area contributed by atoms with E-state index in [9.17, 15) is 0 Å². The summed E-state index contributed by atoms with van der Waals surface area (Å²) in [5.74, 6) is 1.22. The highest BCUT2D eigenvalue weighted by Crippen LogP contribution is 2.24. The van der Waals surface area contributed by atoms with Gasteiger partial charge in [-0.3, -0.25) is 4.99 Å². The third-order valence-corrected chi connectivity index (χ3v) is 3.64. The minimum absolute atomic E-state index is 0.572. The smallest absolute Gasteiger partial charge is 0.0501 e. The maximum Gasteiger partial charge on any atom is 0.0501 e. The summed E-state index contributed by atoms with van der Waals surface area (Å²) in [6.45, 7) is 3.77. The molecule has 2 nitrogen and oxygen atoms in total. The summed E-state index contributed by atoms with van der Waals surface area (Å²) in [4.78, 5) is 6.75. The molecule has 0 heterocycles. The van der Waals surface area contributed by atoms with Gasteiger partial charge in [0.25, 0.3) is 0 Å². The van der Waals surface area contributed by atoms with Crippen LogP contribution in [0.1, 0.15) is 24.0 Å². The van der Waals surface area contributed by atoms with Crippen molar-refractivity contribution in [2.75, 3.05) is 29.7 Å². The molecule has 0 saturated heterocycles. The first-order chi connectivity index (χ1) is 9.24. The second-order valence-corrected chi connectivity index (χ2v) is 5.67. The molecule has 0 aromatic heterocycles. The first-order valence-corrected chi connectivity index (χ1v) is 7.82. The van der Waals surface area contributed by atoms with E-state index in [2.05, 4.69) is 35.0 Å². The fourth-order valence-corrected chi connectivity index (χ4v) is 2.39. The number of alkyl halides is 2. The predicted molar refractivity (Wildman–Crippen MR) is 85.4 cm³/mol. The second kappa shape index (κ2) is 7.16. The highest BCUT2D eigenvalue weighted by Gasteiger charge is 2.18. The maximum absolute atomic E-state index is 5.84. The lowest BCUT2D eigenvalue weighted by Gasteiger charge is -2.23. The van der Waals surface area contributed by atoms with Crippen molar-refractivity contribution in [1.29, 1.82) is 0 Å². The molecule has 0 amide bonds. The molecule has 1 saturated carbocycles. The Morgan fingerprint density at radius 2 is 1.95 bits per heavy atom. The molecule has 0 unspecified atom stereocenters. The standard InChI is InChI=1S/C15H20Cl2N2/c1-12-10-15(19(8-6-16)9-7-17)5-2-13(12)11-18-14-3-4-14/h2,5,10-11,14H,3-4,6-9H2,1H3. The highest BCUT2D eigenvalue weighted by atomic mass is 35.5. The number of nitrogens with zero attached hydrogens (tertiary/aromatic N) is 2. The maximum atomic E-state index is 5.84. The van der Waals surface area contributed by atoms with Gasteiger partial charge in [-0.15, -0.1) is 23.2 Å². The van der Waals surface area contributed by atoms with Gasteiger partial charge in [0.2, 0.25) is 0 Å². The van der Waals surface area contributed by atoms with Gasteiger partial charge >= 0.3 is 0 Å². The minimum Gasteiger partial charge on any atom is -0.369 e. The summed E-state index contributed by atoms with van der Waals surface area (Å²) < 4.78 is 0. The van der Waals surface area contributed by atoms with Crippen LogP contribution in [0.2, 0.25) is 0 Å². The fourth-order valence-electron chi connectivity index (χ4n) is 1.98. The normalized spacial score (nSPS) is 15.1. The van der Waals surface area contributed by atoms with Crippen LogP contribution in [0.25, 0.3) is 0 Å². The molecule has 0 spiro atoms. The molecule has 0 aliphatic heterocycles. The summed E-state index contributed by atoms with van der Waals surface area (Å²) in [7, 11) is 0. The van der Waals surface area contributed by atoms with E-state index in [0.717, 1.165) is 13.1 Å². The van der Waals surface area contributed by atoms with Crippen molar-refractivity contribution < 1.29 is 0 Å². The lowest BCUT2D eigenvalue weighted by atomic mass is 10.1. The van der Waals surface area contributed by atoms with Crippen LogP contribution in [-0.2, 0) is 0 Å². The van der Waals surface area contributed by atoms with Gasteiger partial charge in [0.05, 0.1) is 6.04 Å². The minimum atomic E-state index is 0.572. The van der Waals surface area contributed by atoms with E-state index in [4.69, 9.17) is 23.2 Å². The van der Waals surface area contributed by atoms with E-state index in [1.54, 1.807) is 0 Å². The third kappa shape index (κ3) is 4.39. The molecule has 4 heteroatoms. The molecule has 2 rings (SSSR count). The van der Waals surface area contributed by atoms with Crippen molar-refractivity contribution in [3.05, 3.63) is 29.3 Å². The lowest BCUT2D eigenvalue weighted by molar-refractivity contribution is 0.873. The van der Waals surface area contributed by atoms with Crippen LogP contribution in [0, 0.1) is 6.92 Å². The monoisotopic (exact) mass is 298 g/mol. The summed E-state index contributed by atoms with van der Waals surface area (Å²) in [5.41, 5.74) is 3.63. The summed E-state index contributed by atoms with van der Waals surface area (Å²) in [5, 5.41) is 0. The number of aliphatic imine (C=N–C) groups is 1. The zero-order chi connectivity index (χ0) is 13.7. The number of rotatable bonds is 7. The van der Waals surface area contributed by atoms with E-state index in [1.807, 2.05) is 6.21 Å². The van der Waals surface area contributed by atoms with Crippen LogP contribution < -0.4 is 4.90 Å². The van der Waals surface area contributed by atoms with Crippen LogP contribution in [0.15, 0.2) is 23.2 Å². The van der Waals surface area contributed by atoms with Crippen LogP contribution in [-0.4, -0.2) is 37.1 Å². The molecule has 1 aliphatic carbocycles. The summed E-state index contributed by atoms with van der Waals surface area (Å²) in [6, 6.07) is 7.02. The van der Waals surface area contributed by atoms with E-state index >= 15 is 0 Å². The largest absolute Gasteiger partial charge is 0.369 e. The molecule has 1 aromatic carbocycles. The van der Waals surface area contributed by atoms with Crippen molar-refractivity contribution in [2.45, 2.75) is 25.8 Å². The molecule has 1 aliphatic rings.